The second-order valence-corrected chi connectivity index (χ2v) is 9.01. The van der Waals surface area contributed by atoms with Gasteiger partial charge in [0.15, 0.2) is 5.11 Å². The van der Waals surface area contributed by atoms with Gasteiger partial charge in [-0.15, -0.1) is 13.2 Å². The third-order valence-electron chi connectivity index (χ3n) is 5.89. The zero-order chi connectivity index (χ0) is 27.6. The van der Waals surface area contributed by atoms with Crippen molar-refractivity contribution in [1.82, 2.24) is 15.0 Å². The smallest absolute Gasteiger partial charge is 0.495 e. The van der Waals surface area contributed by atoms with Crippen molar-refractivity contribution in [3.63, 3.8) is 0 Å². The van der Waals surface area contributed by atoms with Crippen LogP contribution in [0.5, 0.6) is 11.5 Å². The monoisotopic (exact) mass is 549 g/mol. The summed E-state index contributed by atoms with van der Waals surface area (Å²) in [5.41, 5.74) is 7.71. The molecule has 0 saturated heterocycles. The van der Waals surface area contributed by atoms with Crippen LogP contribution >= 0.6 is 12.2 Å². The lowest BCUT2D eigenvalue weighted by molar-refractivity contribution is -0.274. The van der Waals surface area contributed by atoms with E-state index >= 15 is 0 Å². The maximum Gasteiger partial charge on any atom is 0.573 e. The van der Waals surface area contributed by atoms with Crippen molar-refractivity contribution in [2.75, 3.05) is 12.4 Å². The molecule has 0 unspecified atom stereocenters. The van der Waals surface area contributed by atoms with Crippen LogP contribution in [0.15, 0.2) is 84.2 Å². The van der Waals surface area contributed by atoms with E-state index in [0.29, 0.717) is 16.5 Å². The zero-order valence-corrected chi connectivity index (χ0v) is 21.6. The number of hydrogen-bond donors (Lipinski definition) is 2. The number of anilines is 1. The summed E-state index contributed by atoms with van der Waals surface area (Å²) >= 11 is 5.35. The van der Waals surface area contributed by atoms with Crippen molar-refractivity contribution < 1.29 is 22.6 Å². The number of hydrogen-bond acceptors (Lipinski definition) is 5. The molecule has 0 atom stereocenters. The molecule has 39 heavy (non-hydrogen) atoms. The van der Waals surface area contributed by atoms with Gasteiger partial charge >= 0.3 is 6.36 Å². The van der Waals surface area contributed by atoms with Crippen LogP contribution in [-0.4, -0.2) is 34.4 Å². The predicted octanol–water partition coefficient (Wildman–Crippen LogP) is 6.71. The number of thiocarbonyl (C=S) groups is 1. The molecule has 198 valence electrons. The molecule has 0 fully saturated rings. The van der Waals surface area contributed by atoms with E-state index in [0.717, 1.165) is 38.6 Å². The van der Waals surface area contributed by atoms with Crippen molar-refractivity contribution in [3.05, 3.63) is 90.3 Å². The largest absolute Gasteiger partial charge is 0.573 e. The molecule has 4 aromatic carbocycles. The molecule has 1 aromatic heterocycles. The molecule has 0 saturated carbocycles. The number of nitrogens with zero attached hydrogens (tertiary/aromatic N) is 3. The van der Waals surface area contributed by atoms with Crippen molar-refractivity contribution in [2.24, 2.45) is 5.10 Å². The Labute approximate surface area is 226 Å². The molecule has 5 aromatic rings. The Morgan fingerprint density at radius 2 is 1.82 bits per heavy atom. The fourth-order valence-corrected chi connectivity index (χ4v) is 4.32. The Kier molecular flexibility index (Phi) is 7.07. The highest BCUT2D eigenvalue weighted by atomic mass is 32.1. The number of aryl methyl sites for hydroxylation is 1. The third-order valence-corrected chi connectivity index (χ3v) is 6.08. The number of hydrazone groups is 1. The lowest BCUT2D eigenvalue weighted by Crippen LogP contribution is -2.24. The topological polar surface area (TPSA) is 72.7 Å². The van der Waals surface area contributed by atoms with Crippen LogP contribution in [0.1, 0.15) is 11.1 Å². The van der Waals surface area contributed by atoms with Gasteiger partial charge in [-0.2, -0.15) is 5.10 Å². The summed E-state index contributed by atoms with van der Waals surface area (Å²) in [7, 11) is 1.59. The minimum atomic E-state index is -4.74. The Hall–Kier alpha value is -4.64. The average molecular weight is 550 g/mol. The van der Waals surface area contributed by atoms with E-state index < -0.39 is 6.36 Å². The lowest BCUT2D eigenvalue weighted by atomic mass is 10.1. The number of ether oxygens (including phenoxy) is 2. The first-order valence-corrected chi connectivity index (χ1v) is 12.1. The fraction of sp³-hybridized carbons (Fsp3) is 0.107. The van der Waals surface area contributed by atoms with Gasteiger partial charge in [0.25, 0.3) is 0 Å². The standard InChI is InChI=1S/C28H22F3N5O2S/c1-17-3-12-25(37-2)23(13-17)34-27(39)35-33-15-18-4-10-22-19(14-18)5-11-24-26(22)32-16-36(24)20-6-8-21(9-7-20)38-28(29,30)31/h3-16H,1-2H3,(H2,34,35,39)/b33-15+. The quantitative estimate of drug-likeness (QED) is 0.139. The van der Waals surface area contributed by atoms with Crippen molar-refractivity contribution in [2.45, 2.75) is 13.3 Å². The molecule has 5 rings (SSSR count). The molecule has 0 amide bonds. The number of fused-ring (bicyclic) bond motifs is 3. The van der Waals surface area contributed by atoms with Crippen LogP contribution in [0.3, 0.4) is 0 Å². The Bertz CT molecular complexity index is 1700. The molecular formula is C28H22F3N5O2S. The molecule has 0 aliphatic rings. The Morgan fingerprint density at radius 1 is 1.03 bits per heavy atom. The first kappa shape index (κ1) is 26.0. The van der Waals surface area contributed by atoms with Crippen molar-refractivity contribution >= 4 is 51.0 Å². The Morgan fingerprint density at radius 3 is 2.56 bits per heavy atom. The van der Waals surface area contributed by atoms with Gasteiger partial charge in [0.2, 0.25) is 0 Å². The van der Waals surface area contributed by atoms with Gasteiger partial charge in [-0.3, -0.25) is 9.99 Å². The highest BCUT2D eigenvalue weighted by molar-refractivity contribution is 7.80. The third kappa shape index (κ3) is 5.93. The number of aromatic nitrogens is 2. The number of nitrogens with one attached hydrogen (secondary N) is 2. The van der Waals surface area contributed by atoms with Gasteiger partial charge in [-0.25, -0.2) is 4.98 Å². The molecule has 0 spiro atoms. The maximum atomic E-state index is 12.5. The van der Waals surface area contributed by atoms with E-state index in [1.807, 2.05) is 60.0 Å². The number of alkyl halides is 3. The molecule has 0 bridgehead atoms. The van der Waals surface area contributed by atoms with Gasteiger partial charge in [0.05, 0.1) is 30.0 Å². The molecule has 2 N–H and O–H groups in total. The predicted molar refractivity (Wildman–Crippen MR) is 150 cm³/mol. The highest BCUT2D eigenvalue weighted by Crippen LogP contribution is 2.29. The molecule has 0 aliphatic heterocycles. The second-order valence-electron chi connectivity index (χ2n) is 8.60. The summed E-state index contributed by atoms with van der Waals surface area (Å²) in [5.74, 6) is 0.390. The van der Waals surface area contributed by atoms with E-state index in [2.05, 4.69) is 25.6 Å². The van der Waals surface area contributed by atoms with Gasteiger partial charge in [0, 0.05) is 11.1 Å². The van der Waals surface area contributed by atoms with Gasteiger partial charge in [-0.1, -0.05) is 24.3 Å². The van der Waals surface area contributed by atoms with E-state index in [9.17, 15) is 13.2 Å². The zero-order valence-electron chi connectivity index (χ0n) is 20.8. The van der Waals surface area contributed by atoms with Crippen LogP contribution in [0, 0.1) is 6.92 Å². The van der Waals surface area contributed by atoms with Crippen LogP contribution in [-0.2, 0) is 0 Å². The number of methoxy groups -OCH3 is 1. The summed E-state index contributed by atoms with van der Waals surface area (Å²) in [4.78, 5) is 4.55. The molecule has 7 nitrogen and oxygen atoms in total. The lowest BCUT2D eigenvalue weighted by Gasteiger charge is -2.12. The van der Waals surface area contributed by atoms with Crippen LogP contribution in [0.4, 0.5) is 18.9 Å². The summed E-state index contributed by atoms with van der Waals surface area (Å²) in [5, 5.41) is 9.52. The van der Waals surface area contributed by atoms with Gasteiger partial charge in [0.1, 0.15) is 17.8 Å². The van der Waals surface area contributed by atoms with Crippen LogP contribution in [0.2, 0.25) is 0 Å². The summed E-state index contributed by atoms with van der Waals surface area (Å²) in [6, 6.07) is 21.1. The first-order chi connectivity index (χ1) is 18.7. The Balaban J connectivity index is 1.31. The summed E-state index contributed by atoms with van der Waals surface area (Å²) < 4.78 is 48.5. The van der Waals surface area contributed by atoms with E-state index in [4.69, 9.17) is 17.0 Å². The number of benzene rings is 4. The summed E-state index contributed by atoms with van der Waals surface area (Å²) in [6.07, 6.45) is -1.44. The normalized spacial score (nSPS) is 11.7. The van der Waals surface area contributed by atoms with Crippen molar-refractivity contribution in [3.8, 4) is 17.2 Å². The highest BCUT2D eigenvalue weighted by Gasteiger charge is 2.31. The number of rotatable bonds is 6. The minimum absolute atomic E-state index is 0.281. The number of imidazole rings is 1. The number of halogens is 3. The average Bonchev–Trinajstić information content (AvgIpc) is 3.33. The van der Waals surface area contributed by atoms with Gasteiger partial charge in [-0.05, 0) is 84.2 Å². The van der Waals surface area contributed by atoms with E-state index in [-0.39, 0.29) is 5.75 Å². The maximum absolute atomic E-state index is 12.5. The second kappa shape index (κ2) is 10.6. The molecular weight excluding hydrogens is 527 g/mol. The minimum Gasteiger partial charge on any atom is -0.495 e. The molecule has 1 heterocycles. The SMILES string of the molecule is COc1ccc(C)cc1NC(=S)N/N=C/c1ccc2c(ccc3c2ncn3-c2ccc(OC(F)(F)F)cc2)c1. The van der Waals surface area contributed by atoms with E-state index in [1.165, 1.54) is 12.1 Å². The van der Waals surface area contributed by atoms with Crippen LogP contribution < -0.4 is 20.2 Å². The fourth-order valence-electron chi connectivity index (χ4n) is 4.16. The van der Waals surface area contributed by atoms with Crippen LogP contribution in [0.25, 0.3) is 27.5 Å². The first-order valence-electron chi connectivity index (χ1n) is 11.7. The molecule has 0 radical (unpaired) electrons. The summed E-state index contributed by atoms with van der Waals surface area (Å²) in [6.45, 7) is 1.98. The van der Waals surface area contributed by atoms with Crippen molar-refractivity contribution in [1.29, 1.82) is 0 Å². The van der Waals surface area contributed by atoms with Gasteiger partial charge < -0.3 is 14.8 Å². The molecule has 11 heteroatoms. The van der Waals surface area contributed by atoms with E-state index in [1.54, 1.807) is 31.8 Å². The molecule has 0 aliphatic carbocycles.